The molecule has 0 unspecified atom stereocenters. The molecule has 6 heterocycles. The van der Waals surface area contributed by atoms with E-state index in [1.165, 1.54) is 23.3 Å². The molecule has 2 aliphatic carbocycles. The predicted octanol–water partition coefficient (Wildman–Crippen LogP) is 3.64. The van der Waals surface area contributed by atoms with E-state index in [-0.39, 0.29) is 91.3 Å². The summed E-state index contributed by atoms with van der Waals surface area (Å²) in [5.41, 5.74) is 29.3. The van der Waals surface area contributed by atoms with Gasteiger partial charge < -0.3 is 47.0 Å². The Labute approximate surface area is 471 Å². The van der Waals surface area contributed by atoms with E-state index < -0.39 is 42.8 Å². The van der Waals surface area contributed by atoms with Gasteiger partial charge in [0.1, 0.15) is 27.0 Å². The molecule has 1 amide bonds. The van der Waals surface area contributed by atoms with Crippen LogP contribution in [0.15, 0.2) is 113 Å². The first-order valence-corrected chi connectivity index (χ1v) is 29.8. The third-order valence-corrected chi connectivity index (χ3v) is 17.0. The molecular formula is C53H64N16O11S2. The van der Waals surface area contributed by atoms with Crippen molar-refractivity contribution in [1.29, 1.82) is 0 Å². The standard InChI is InChI=1S/C27H34N10O5S.C26H30N6O6S/c1-41-12-13-42-27(25(38)34-35-26(29)30)10-8-17(9-11-27)21-22(43(2,39)40)23(28)37-24(33-21)20(15-32-37)18-14-31-36(16-18)19-6-4-3-5-7-19;1-37-12-13-38-26(25(33)34)10-8-17(9-11-26)21-22(39(2,35)36)23(27)32-24(30-21)20(15-29-32)18-14-28-31(16-18)19-6-4-3-5-7-19/h3-7,14-17H,8-13,28H2,1-2H3,(H,34,38)(H4,29,30,35);3-7,14-17H,8-13,27H2,1-2H3,(H,33,34). The lowest BCUT2D eigenvalue weighted by molar-refractivity contribution is -0.173. The number of aliphatic carboxylic acids is 1. The van der Waals surface area contributed by atoms with Gasteiger partial charge in [0.15, 0.2) is 36.6 Å². The van der Waals surface area contributed by atoms with Crippen molar-refractivity contribution >= 4 is 60.4 Å². The lowest BCUT2D eigenvalue weighted by Crippen LogP contribution is -2.50. The van der Waals surface area contributed by atoms with Crippen molar-refractivity contribution in [3.8, 4) is 33.6 Å². The molecule has 8 aromatic rings. The van der Waals surface area contributed by atoms with Crippen LogP contribution in [0.3, 0.4) is 0 Å². The number of ether oxygens (including phenoxy) is 4. The molecule has 27 nitrogen and oxygen atoms in total. The van der Waals surface area contributed by atoms with Crippen LogP contribution in [0.1, 0.15) is 74.6 Å². The topological polar surface area (TPSA) is 384 Å². The number of nitrogens with two attached hydrogens (primary N) is 4. The molecule has 0 atom stereocenters. The van der Waals surface area contributed by atoms with E-state index in [2.05, 4.69) is 30.9 Å². The van der Waals surface area contributed by atoms with Crippen molar-refractivity contribution in [2.75, 3.05) is 64.6 Å². The van der Waals surface area contributed by atoms with Gasteiger partial charge in [0.25, 0.3) is 5.91 Å². The number of hydrogen-bond acceptors (Lipinski definition) is 19. The average molecular weight is 1170 g/mol. The van der Waals surface area contributed by atoms with E-state index in [0.29, 0.717) is 59.5 Å². The number of nitrogens with zero attached hydrogens (tertiary/aromatic N) is 11. The van der Waals surface area contributed by atoms with E-state index in [1.807, 2.05) is 73.1 Å². The second kappa shape index (κ2) is 24.0. The molecular weight excluding hydrogens is 1100 g/mol. The van der Waals surface area contributed by atoms with Crippen LogP contribution in [-0.2, 0) is 48.2 Å². The summed E-state index contributed by atoms with van der Waals surface area (Å²) in [5.74, 6) is -2.61. The number of para-hydroxylation sites is 2. The number of benzene rings is 2. The molecule has 10 rings (SSSR count). The number of hydrazone groups is 1. The summed E-state index contributed by atoms with van der Waals surface area (Å²) < 4.78 is 79.8. The highest BCUT2D eigenvalue weighted by Crippen LogP contribution is 2.45. The number of sulfone groups is 2. The van der Waals surface area contributed by atoms with Crippen LogP contribution in [-0.4, -0.2) is 153 Å². The summed E-state index contributed by atoms with van der Waals surface area (Å²) >= 11 is 0. The highest BCUT2D eigenvalue weighted by Gasteiger charge is 2.46. The lowest BCUT2D eigenvalue weighted by atomic mass is 9.76. The first kappa shape index (κ1) is 58.3. The number of anilines is 2. The van der Waals surface area contributed by atoms with Crippen LogP contribution in [0.25, 0.3) is 44.9 Å². The Hall–Kier alpha value is -8.35. The van der Waals surface area contributed by atoms with Crippen molar-refractivity contribution in [3.63, 3.8) is 0 Å². The number of nitrogens with one attached hydrogen (secondary N) is 1. The van der Waals surface area contributed by atoms with E-state index >= 15 is 0 Å². The van der Waals surface area contributed by atoms with Crippen LogP contribution in [0.5, 0.6) is 0 Å². The maximum absolute atomic E-state index is 13.1. The number of carboxylic acid groups (broad SMARTS) is 1. The number of hydrogen-bond donors (Lipinski definition) is 6. The Morgan fingerprint density at radius 2 is 1.04 bits per heavy atom. The van der Waals surface area contributed by atoms with Crippen LogP contribution < -0.4 is 28.4 Å². The third kappa shape index (κ3) is 12.0. The predicted molar refractivity (Wildman–Crippen MR) is 301 cm³/mol. The van der Waals surface area contributed by atoms with Gasteiger partial charge in [-0.25, -0.2) is 46.4 Å². The van der Waals surface area contributed by atoms with E-state index in [9.17, 15) is 31.5 Å². The molecule has 0 bridgehead atoms. The Kier molecular flexibility index (Phi) is 17.1. The summed E-state index contributed by atoms with van der Waals surface area (Å²) in [5, 5.41) is 31.2. The van der Waals surface area contributed by atoms with Crippen LogP contribution in [0.4, 0.5) is 11.6 Å². The molecule has 2 saturated carbocycles. The molecule has 0 radical (unpaired) electrons. The average Bonchev–Trinajstić information content (AvgIpc) is 2.88. The summed E-state index contributed by atoms with van der Waals surface area (Å²) in [6.07, 6.45) is 14.8. The largest absolute Gasteiger partial charge is 0.479 e. The minimum absolute atomic E-state index is 0.0365. The number of methoxy groups -OCH3 is 2. The number of aromatic nitrogens is 10. The summed E-state index contributed by atoms with van der Waals surface area (Å²) in [6.45, 7) is 0.863. The fourth-order valence-corrected chi connectivity index (χ4v) is 12.7. The number of carbonyl (C=O) groups is 2. The number of carbonyl (C=O) groups excluding carboxylic acids is 1. The quantitative estimate of drug-likeness (QED) is 0.0291. The SMILES string of the molecule is COCCOC1(C(=O)NN=C(N)N)CCC(c2nc3c(-c4cnn(-c5ccccc5)c4)cnn3c(N)c2S(C)(=O)=O)CC1.COCCOC1(C(=O)O)CCC(c2nc3c(-c4cnn(-c5ccccc5)c4)cnn3c(N)c2S(C)(=O)=O)CC1. The zero-order valence-corrected chi connectivity index (χ0v) is 47.1. The molecule has 2 aliphatic rings. The second-order valence-electron chi connectivity index (χ2n) is 20.1. The van der Waals surface area contributed by atoms with Gasteiger partial charge in [-0.2, -0.15) is 29.4 Å². The molecule has 29 heteroatoms. The van der Waals surface area contributed by atoms with Crippen LogP contribution >= 0.6 is 0 Å². The van der Waals surface area contributed by atoms with Gasteiger partial charge in [0.2, 0.25) is 5.96 Å². The molecule has 2 fully saturated rings. The number of rotatable bonds is 19. The molecule has 2 aromatic carbocycles. The molecule has 434 valence electrons. The summed E-state index contributed by atoms with van der Waals surface area (Å²) in [7, 11) is -4.55. The van der Waals surface area contributed by atoms with E-state index in [1.54, 1.807) is 34.2 Å². The van der Waals surface area contributed by atoms with Crippen molar-refractivity contribution in [2.45, 2.75) is 84.2 Å². The van der Waals surface area contributed by atoms with Gasteiger partial charge in [0, 0.05) is 73.2 Å². The van der Waals surface area contributed by atoms with Gasteiger partial charge in [-0.15, -0.1) is 5.10 Å². The van der Waals surface area contributed by atoms with Gasteiger partial charge >= 0.3 is 5.97 Å². The molecule has 82 heavy (non-hydrogen) atoms. The van der Waals surface area contributed by atoms with Crippen LogP contribution in [0.2, 0.25) is 0 Å². The Bertz CT molecular complexity index is 3860. The van der Waals surface area contributed by atoms with Gasteiger partial charge in [-0.3, -0.25) is 4.79 Å². The maximum atomic E-state index is 13.1. The smallest absolute Gasteiger partial charge is 0.335 e. The number of amides is 1. The van der Waals surface area contributed by atoms with Crippen molar-refractivity contribution in [3.05, 3.63) is 109 Å². The Morgan fingerprint density at radius 1 is 0.634 bits per heavy atom. The second-order valence-corrected chi connectivity index (χ2v) is 24.0. The minimum Gasteiger partial charge on any atom is -0.479 e. The summed E-state index contributed by atoms with van der Waals surface area (Å²) in [6, 6.07) is 19.2. The zero-order valence-electron chi connectivity index (χ0n) is 45.5. The van der Waals surface area contributed by atoms with Crippen molar-refractivity contribution < 1.29 is 50.5 Å². The first-order valence-electron chi connectivity index (χ1n) is 26.0. The highest BCUT2D eigenvalue weighted by molar-refractivity contribution is 7.91. The fourth-order valence-electron chi connectivity index (χ4n) is 10.6. The van der Waals surface area contributed by atoms with Gasteiger partial charge in [-0.1, -0.05) is 36.4 Å². The zero-order chi connectivity index (χ0) is 58.6. The number of nitrogen functional groups attached to an aromatic ring is 2. The Morgan fingerprint density at radius 3 is 1.41 bits per heavy atom. The maximum Gasteiger partial charge on any atom is 0.335 e. The fraction of sp³-hybridized carbons (Fsp3) is 0.377. The van der Waals surface area contributed by atoms with Gasteiger partial charge in [0.05, 0.1) is 74.0 Å². The number of carboxylic acids is 1. The molecule has 10 N–H and O–H groups in total. The molecule has 0 aliphatic heterocycles. The van der Waals surface area contributed by atoms with E-state index in [4.69, 9.17) is 51.9 Å². The number of guanidine groups is 1. The van der Waals surface area contributed by atoms with Crippen molar-refractivity contribution in [2.24, 2.45) is 16.6 Å². The monoisotopic (exact) mass is 1160 g/mol. The number of fused-ring (bicyclic) bond motifs is 2. The molecule has 6 aromatic heterocycles. The normalized spacial score (nSPS) is 19.4. The highest BCUT2D eigenvalue weighted by atomic mass is 32.2. The lowest BCUT2D eigenvalue weighted by Gasteiger charge is -2.38. The van der Waals surface area contributed by atoms with E-state index in [0.717, 1.165) is 35.0 Å². The molecule has 0 saturated heterocycles. The minimum atomic E-state index is -3.81. The Balaban J connectivity index is 0.000000198. The van der Waals surface area contributed by atoms with Crippen molar-refractivity contribution in [1.82, 2.24) is 54.2 Å². The first-order chi connectivity index (χ1) is 39.2. The van der Waals surface area contributed by atoms with Crippen LogP contribution in [0, 0.1) is 0 Å². The molecule has 0 spiro atoms. The summed E-state index contributed by atoms with van der Waals surface area (Å²) in [4.78, 5) is 34.8. The third-order valence-electron chi connectivity index (χ3n) is 14.7. The van der Waals surface area contributed by atoms with Gasteiger partial charge in [-0.05, 0) is 75.6 Å².